The van der Waals surface area contributed by atoms with Crippen LogP contribution in [0, 0.1) is 0 Å². The predicted molar refractivity (Wildman–Crippen MR) is 67.7 cm³/mol. The van der Waals surface area contributed by atoms with Crippen molar-refractivity contribution in [1.82, 2.24) is 0 Å². The summed E-state index contributed by atoms with van der Waals surface area (Å²) in [6, 6.07) is 6.47. The van der Waals surface area contributed by atoms with E-state index in [1.807, 2.05) is 12.1 Å². The first-order valence-electron chi connectivity index (χ1n) is 5.27. The van der Waals surface area contributed by atoms with Crippen molar-refractivity contribution in [3.63, 3.8) is 0 Å². The van der Waals surface area contributed by atoms with Crippen LogP contribution in [0.25, 0.3) is 0 Å². The Balaban J connectivity index is 3.04. The van der Waals surface area contributed by atoms with Gasteiger partial charge >= 0.3 is 0 Å². The normalized spacial score (nSPS) is 10.8. The Morgan fingerprint density at radius 3 is 2.60 bits per heavy atom. The van der Waals surface area contributed by atoms with Gasteiger partial charge in [0.25, 0.3) is 0 Å². The van der Waals surface area contributed by atoms with E-state index in [4.69, 9.17) is 17.3 Å². The van der Waals surface area contributed by atoms with Gasteiger partial charge in [-0.25, -0.2) is 0 Å². The lowest BCUT2D eigenvalue weighted by atomic mass is 10.1. The van der Waals surface area contributed by atoms with Crippen molar-refractivity contribution in [2.75, 3.05) is 18.5 Å². The van der Waals surface area contributed by atoms with Crippen molar-refractivity contribution in [1.29, 1.82) is 0 Å². The molecule has 0 aliphatic heterocycles. The molecule has 2 N–H and O–H groups in total. The van der Waals surface area contributed by atoms with Crippen LogP contribution in [0.5, 0.6) is 0 Å². The molecule has 1 aromatic carbocycles. The molecule has 0 heterocycles. The van der Waals surface area contributed by atoms with Gasteiger partial charge in [-0.15, -0.1) is 0 Å². The van der Waals surface area contributed by atoms with Gasteiger partial charge in [0.05, 0.1) is 0 Å². The van der Waals surface area contributed by atoms with Gasteiger partial charge in [-0.2, -0.15) is 0 Å². The molecule has 3 heteroatoms. The van der Waals surface area contributed by atoms with Crippen molar-refractivity contribution in [2.24, 2.45) is 5.73 Å². The van der Waals surface area contributed by atoms with Crippen LogP contribution in [0.15, 0.2) is 18.2 Å². The first kappa shape index (κ1) is 12.3. The maximum absolute atomic E-state index is 5.98. The van der Waals surface area contributed by atoms with Crippen molar-refractivity contribution in [3.8, 4) is 0 Å². The zero-order chi connectivity index (χ0) is 11.4. The fraction of sp³-hybridized carbons (Fsp3) is 0.500. The summed E-state index contributed by atoms with van der Waals surface area (Å²) in [5, 5.41) is 0.777. The summed E-state index contributed by atoms with van der Waals surface area (Å²) in [4.78, 5) is 2.24. The van der Waals surface area contributed by atoms with E-state index in [-0.39, 0.29) is 0 Å². The molecule has 0 fully saturated rings. The van der Waals surface area contributed by atoms with E-state index in [2.05, 4.69) is 31.9 Å². The Morgan fingerprint density at radius 1 is 1.40 bits per heavy atom. The molecule has 0 aliphatic carbocycles. The van der Waals surface area contributed by atoms with E-state index < -0.39 is 0 Å². The minimum atomic E-state index is 0.475. The zero-order valence-corrected chi connectivity index (χ0v) is 10.4. The van der Waals surface area contributed by atoms with E-state index in [1.165, 1.54) is 11.3 Å². The maximum Gasteiger partial charge on any atom is 0.0410 e. The Labute approximate surface area is 97.0 Å². The van der Waals surface area contributed by atoms with Crippen molar-refractivity contribution < 1.29 is 0 Å². The largest absolute Gasteiger partial charge is 0.372 e. The summed E-state index contributed by atoms with van der Waals surface area (Å²) in [5.74, 6) is 0. The maximum atomic E-state index is 5.98. The first-order chi connectivity index (χ1) is 7.06. The van der Waals surface area contributed by atoms with E-state index in [0.29, 0.717) is 12.6 Å². The first-order valence-corrected chi connectivity index (χ1v) is 5.65. The lowest BCUT2D eigenvalue weighted by Crippen LogP contribution is -2.27. The van der Waals surface area contributed by atoms with Crippen molar-refractivity contribution >= 4 is 17.3 Å². The van der Waals surface area contributed by atoms with E-state index >= 15 is 0 Å². The third-order valence-electron chi connectivity index (χ3n) is 2.61. The number of hydrogen-bond donors (Lipinski definition) is 1. The van der Waals surface area contributed by atoms with Crippen LogP contribution in [0.1, 0.15) is 19.4 Å². The summed E-state index contributed by atoms with van der Waals surface area (Å²) in [5.41, 5.74) is 8.04. The summed E-state index contributed by atoms with van der Waals surface area (Å²) in [6.45, 7) is 4.99. The topological polar surface area (TPSA) is 29.3 Å². The molecular weight excluding hydrogens is 208 g/mol. The number of hydrogen-bond acceptors (Lipinski definition) is 2. The molecule has 0 radical (unpaired) electrons. The second-order valence-electron chi connectivity index (χ2n) is 4.02. The Hall–Kier alpha value is -0.730. The highest BCUT2D eigenvalue weighted by molar-refractivity contribution is 6.30. The van der Waals surface area contributed by atoms with E-state index in [0.717, 1.165) is 11.4 Å². The predicted octanol–water partition coefficient (Wildman–Crippen LogP) is 2.69. The van der Waals surface area contributed by atoms with Crippen LogP contribution in [0.2, 0.25) is 5.02 Å². The second-order valence-corrected chi connectivity index (χ2v) is 4.45. The molecule has 0 amide bonds. The minimum absolute atomic E-state index is 0.475. The molecule has 1 rings (SSSR count). The molecule has 0 atom stereocenters. The number of nitrogens with zero attached hydrogens (tertiary/aromatic N) is 1. The molecular formula is C12H19ClN2. The lowest BCUT2D eigenvalue weighted by molar-refractivity contribution is 0.748. The van der Waals surface area contributed by atoms with Crippen LogP contribution in [0.4, 0.5) is 5.69 Å². The summed E-state index contributed by atoms with van der Waals surface area (Å²) in [7, 11) is 2.09. The molecule has 1 aromatic rings. The van der Waals surface area contributed by atoms with Gasteiger partial charge in [0.15, 0.2) is 0 Å². The van der Waals surface area contributed by atoms with Gasteiger partial charge in [-0.3, -0.25) is 0 Å². The zero-order valence-electron chi connectivity index (χ0n) is 9.63. The van der Waals surface area contributed by atoms with Crippen LogP contribution in [0.3, 0.4) is 0 Å². The molecule has 0 aliphatic rings. The van der Waals surface area contributed by atoms with Gasteiger partial charge in [0, 0.05) is 23.8 Å². The van der Waals surface area contributed by atoms with Crippen LogP contribution >= 0.6 is 11.6 Å². The van der Waals surface area contributed by atoms with Crippen LogP contribution in [-0.2, 0) is 6.42 Å². The molecule has 15 heavy (non-hydrogen) atoms. The fourth-order valence-corrected chi connectivity index (χ4v) is 1.73. The summed E-state index contributed by atoms with van der Waals surface area (Å²) < 4.78 is 0. The highest BCUT2D eigenvalue weighted by atomic mass is 35.5. The molecule has 0 aromatic heterocycles. The Kier molecular flexibility index (Phi) is 4.43. The number of rotatable bonds is 4. The summed E-state index contributed by atoms with van der Waals surface area (Å²) in [6.07, 6.45) is 0.868. The Bertz CT molecular complexity index is 323. The van der Waals surface area contributed by atoms with Crippen molar-refractivity contribution in [2.45, 2.75) is 26.3 Å². The van der Waals surface area contributed by atoms with E-state index in [9.17, 15) is 0 Å². The number of nitrogens with two attached hydrogens (primary N) is 1. The van der Waals surface area contributed by atoms with Gasteiger partial charge in [-0.1, -0.05) is 11.6 Å². The SMILES string of the molecule is CC(C)N(C)c1ccc(Cl)cc1CCN. The smallest absolute Gasteiger partial charge is 0.0410 e. The van der Waals surface area contributed by atoms with Crippen molar-refractivity contribution in [3.05, 3.63) is 28.8 Å². The molecule has 84 valence electrons. The number of benzene rings is 1. The van der Waals surface area contributed by atoms with Crippen LogP contribution in [-0.4, -0.2) is 19.6 Å². The van der Waals surface area contributed by atoms with Gasteiger partial charge in [0.1, 0.15) is 0 Å². The second kappa shape index (κ2) is 5.38. The molecule has 0 saturated heterocycles. The molecule has 0 saturated carbocycles. The molecule has 0 spiro atoms. The lowest BCUT2D eigenvalue weighted by Gasteiger charge is -2.26. The molecule has 2 nitrogen and oxygen atoms in total. The fourth-order valence-electron chi connectivity index (χ4n) is 1.53. The van der Waals surface area contributed by atoms with E-state index in [1.54, 1.807) is 0 Å². The highest BCUT2D eigenvalue weighted by Crippen LogP contribution is 2.25. The summed E-state index contributed by atoms with van der Waals surface area (Å²) >= 11 is 5.98. The standard InChI is InChI=1S/C12H19ClN2/c1-9(2)15(3)12-5-4-11(13)8-10(12)6-7-14/h4-5,8-9H,6-7,14H2,1-3H3. The quantitative estimate of drug-likeness (QED) is 0.856. The Morgan fingerprint density at radius 2 is 2.07 bits per heavy atom. The average molecular weight is 227 g/mol. The van der Waals surface area contributed by atoms with Crippen LogP contribution < -0.4 is 10.6 Å². The molecule has 0 unspecified atom stereocenters. The third-order valence-corrected chi connectivity index (χ3v) is 2.84. The number of anilines is 1. The average Bonchev–Trinajstić information content (AvgIpc) is 2.17. The van der Waals surface area contributed by atoms with Gasteiger partial charge in [-0.05, 0) is 50.6 Å². The molecule has 0 bridgehead atoms. The monoisotopic (exact) mass is 226 g/mol. The van der Waals surface area contributed by atoms with Gasteiger partial charge < -0.3 is 10.6 Å². The highest BCUT2D eigenvalue weighted by Gasteiger charge is 2.09. The number of halogens is 1. The van der Waals surface area contributed by atoms with Gasteiger partial charge in [0.2, 0.25) is 0 Å². The third kappa shape index (κ3) is 3.11. The minimum Gasteiger partial charge on any atom is -0.372 e.